The normalized spacial score (nSPS) is 11.2. The lowest BCUT2D eigenvalue weighted by atomic mass is 10.2. The van der Waals surface area contributed by atoms with Crippen LogP contribution in [0, 0.1) is 6.92 Å². The standard InChI is InChI=1S/C14H21N3S/c1-3-15-8-4-5-9-18-14-16-12-7-6-11(2)10-13(12)17-14/h6-7,10,15H,3-5,8-9H2,1-2H3,(H,16,17). The zero-order valence-electron chi connectivity index (χ0n) is 11.1. The minimum Gasteiger partial charge on any atom is -0.333 e. The Morgan fingerprint density at radius 3 is 3.06 bits per heavy atom. The van der Waals surface area contributed by atoms with Crippen molar-refractivity contribution in [3.05, 3.63) is 23.8 Å². The lowest BCUT2D eigenvalue weighted by molar-refractivity contribution is 0.666. The van der Waals surface area contributed by atoms with Gasteiger partial charge in [0.15, 0.2) is 5.16 Å². The molecular weight excluding hydrogens is 242 g/mol. The van der Waals surface area contributed by atoms with Crippen molar-refractivity contribution in [2.24, 2.45) is 0 Å². The number of H-pyrrole nitrogens is 1. The van der Waals surface area contributed by atoms with E-state index in [9.17, 15) is 0 Å². The van der Waals surface area contributed by atoms with Crippen molar-refractivity contribution in [3.8, 4) is 0 Å². The molecule has 0 spiro atoms. The molecule has 0 atom stereocenters. The lowest BCUT2D eigenvalue weighted by Crippen LogP contribution is -2.13. The third-order valence-corrected chi connectivity index (χ3v) is 3.81. The molecule has 1 aromatic heterocycles. The summed E-state index contributed by atoms with van der Waals surface area (Å²) in [5, 5.41) is 4.38. The highest BCUT2D eigenvalue weighted by Gasteiger charge is 2.02. The minimum absolute atomic E-state index is 1.04. The Bertz CT molecular complexity index is 493. The van der Waals surface area contributed by atoms with Gasteiger partial charge in [-0.25, -0.2) is 4.98 Å². The molecule has 3 nitrogen and oxygen atoms in total. The number of benzene rings is 1. The molecule has 0 fully saturated rings. The molecule has 0 aliphatic carbocycles. The number of aromatic nitrogens is 2. The second-order valence-corrected chi connectivity index (χ2v) is 5.56. The van der Waals surface area contributed by atoms with Crippen LogP contribution >= 0.6 is 11.8 Å². The minimum atomic E-state index is 1.04. The molecule has 0 aliphatic rings. The van der Waals surface area contributed by atoms with Crippen LogP contribution in [0.3, 0.4) is 0 Å². The van der Waals surface area contributed by atoms with E-state index in [4.69, 9.17) is 0 Å². The van der Waals surface area contributed by atoms with Crippen LogP contribution in [0.15, 0.2) is 23.4 Å². The number of rotatable bonds is 7. The van der Waals surface area contributed by atoms with Gasteiger partial charge in [-0.05, 0) is 50.6 Å². The van der Waals surface area contributed by atoms with E-state index in [0.29, 0.717) is 0 Å². The number of thioether (sulfide) groups is 1. The van der Waals surface area contributed by atoms with Gasteiger partial charge in [0.1, 0.15) is 0 Å². The van der Waals surface area contributed by atoms with Gasteiger partial charge in [0.05, 0.1) is 11.0 Å². The fourth-order valence-electron chi connectivity index (χ4n) is 1.87. The van der Waals surface area contributed by atoms with Crippen molar-refractivity contribution >= 4 is 22.8 Å². The summed E-state index contributed by atoms with van der Waals surface area (Å²) in [5.74, 6) is 1.13. The van der Waals surface area contributed by atoms with E-state index in [1.165, 1.54) is 18.4 Å². The number of hydrogen-bond donors (Lipinski definition) is 2. The highest BCUT2D eigenvalue weighted by atomic mass is 32.2. The molecule has 18 heavy (non-hydrogen) atoms. The zero-order chi connectivity index (χ0) is 12.8. The summed E-state index contributed by atoms with van der Waals surface area (Å²) in [5.41, 5.74) is 3.48. The molecule has 2 aromatic rings. The smallest absolute Gasteiger partial charge is 0.166 e. The number of aryl methyl sites for hydroxylation is 1. The third-order valence-electron chi connectivity index (χ3n) is 2.85. The molecule has 0 aliphatic heterocycles. The van der Waals surface area contributed by atoms with E-state index in [1.807, 2.05) is 11.8 Å². The maximum atomic E-state index is 4.58. The molecule has 2 rings (SSSR count). The van der Waals surface area contributed by atoms with Crippen molar-refractivity contribution in [1.82, 2.24) is 15.3 Å². The van der Waals surface area contributed by atoms with Gasteiger partial charge in [-0.1, -0.05) is 24.8 Å². The van der Waals surface area contributed by atoms with Crippen molar-refractivity contribution in [3.63, 3.8) is 0 Å². The summed E-state index contributed by atoms with van der Waals surface area (Å²) in [4.78, 5) is 7.95. The first-order valence-electron chi connectivity index (χ1n) is 6.59. The van der Waals surface area contributed by atoms with Gasteiger partial charge >= 0.3 is 0 Å². The van der Waals surface area contributed by atoms with E-state index in [1.54, 1.807) is 0 Å². The predicted octanol–water partition coefficient (Wildman–Crippen LogP) is 3.35. The second kappa shape index (κ2) is 6.81. The molecule has 2 N–H and O–H groups in total. The van der Waals surface area contributed by atoms with Gasteiger partial charge in [0.2, 0.25) is 0 Å². The van der Waals surface area contributed by atoms with Crippen molar-refractivity contribution < 1.29 is 0 Å². The van der Waals surface area contributed by atoms with E-state index < -0.39 is 0 Å². The van der Waals surface area contributed by atoms with Crippen LogP contribution in [0.25, 0.3) is 11.0 Å². The quantitative estimate of drug-likeness (QED) is 0.594. The Kier molecular flexibility index (Phi) is 5.08. The molecule has 0 radical (unpaired) electrons. The monoisotopic (exact) mass is 263 g/mol. The number of nitrogens with one attached hydrogen (secondary N) is 2. The summed E-state index contributed by atoms with van der Waals surface area (Å²) in [6.45, 7) is 6.44. The van der Waals surface area contributed by atoms with Gasteiger partial charge in [-0.2, -0.15) is 0 Å². The fraction of sp³-hybridized carbons (Fsp3) is 0.500. The van der Waals surface area contributed by atoms with Crippen LogP contribution in [0.2, 0.25) is 0 Å². The van der Waals surface area contributed by atoms with Crippen LogP contribution in [0.4, 0.5) is 0 Å². The summed E-state index contributed by atoms with van der Waals surface area (Å²) in [6.07, 6.45) is 2.47. The molecule has 0 bridgehead atoms. The lowest BCUT2D eigenvalue weighted by Gasteiger charge is -2.00. The number of hydrogen-bond acceptors (Lipinski definition) is 3. The summed E-state index contributed by atoms with van der Waals surface area (Å²) in [6, 6.07) is 6.34. The van der Waals surface area contributed by atoms with E-state index in [0.717, 1.165) is 35.0 Å². The zero-order valence-corrected chi connectivity index (χ0v) is 11.9. The number of fused-ring (bicyclic) bond motifs is 1. The molecule has 1 aromatic carbocycles. The highest BCUT2D eigenvalue weighted by molar-refractivity contribution is 7.99. The van der Waals surface area contributed by atoms with Crippen LogP contribution in [-0.2, 0) is 0 Å². The van der Waals surface area contributed by atoms with Crippen molar-refractivity contribution in [2.75, 3.05) is 18.8 Å². The molecule has 0 saturated heterocycles. The summed E-state index contributed by atoms with van der Waals surface area (Å²) in [7, 11) is 0. The van der Waals surface area contributed by atoms with Crippen LogP contribution in [0.5, 0.6) is 0 Å². The van der Waals surface area contributed by atoms with Gasteiger partial charge < -0.3 is 10.3 Å². The maximum Gasteiger partial charge on any atom is 0.166 e. The predicted molar refractivity (Wildman–Crippen MR) is 79.3 cm³/mol. The Labute approximate surface area is 113 Å². The number of nitrogens with zero attached hydrogens (tertiary/aromatic N) is 1. The molecule has 98 valence electrons. The Hall–Kier alpha value is -1.00. The number of unbranched alkanes of at least 4 members (excludes halogenated alkanes) is 1. The van der Waals surface area contributed by atoms with Gasteiger partial charge in [-0.15, -0.1) is 0 Å². The first-order valence-corrected chi connectivity index (χ1v) is 7.58. The van der Waals surface area contributed by atoms with Crippen molar-refractivity contribution in [1.29, 1.82) is 0 Å². The fourth-order valence-corrected chi connectivity index (χ4v) is 2.75. The first-order chi connectivity index (χ1) is 8.79. The topological polar surface area (TPSA) is 40.7 Å². The van der Waals surface area contributed by atoms with Crippen molar-refractivity contribution in [2.45, 2.75) is 31.8 Å². The van der Waals surface area contributed by atoms with E-state index in [2.05, 4.69) is 47.3 Å². The van der Waals surface area contributed by atoms with E-state index in [-0.39, 0.29) is 0 Å². The highest BCUT2D eigenvalue weighted by Crippen LogP contribution is 2.21. The van der Waals surface area contributed by atoms with Gasteiger partial charge in [0, 0.05) is 5.75 Å². The van der Waals surface area contributed by atoms with Crippen LogP contribution in [-0.4, -0.2) is 28.8 Å². The second-order valence-electron chi connectivity index (χ2n) is 4.47. The summed E-state index contributed by atoms with van der Waals surface area (Å²) < 4.78 is 0. The number of aromatic amines is 1. The average Bonchev–Trinajstić information content (AvgIpc) is 2.75. The molecule has 4 heteroatoms. The molecule has 0 saturated carbocycles. The first kappa shape index (κ1) is 13.4. The Balaban J connectivity index is 1.81. The molecular formula is C14H21N3S. The summed E-state index contributed by atoms with van der Waals surface area (Å²) >= 11 is 1.82. The molecule has 0 amide bonds. The van der Waals surface area contributed by atoms with Crippen LogP contribution in [0.1, 0.15) is 25.3 Å². The van der Waals surface area contributed by atoms with Crippen LogP contribution < -0.4 is 5.32 Å². The molecule has 1 heterocycles. The van der Waals surface area contributed by atoms with Gasteiger partial charge in [0.25, 0.3) is 0 Å². The molecule has 0 unspecified atom stereocenters. The average molecular weight is 263 g/mol. The van der Waals surface area contributed by atoms with E-state index >= 15 is 0 Å². The van der Waals surface area contributed by atoms with Gasteiger partial charge in [-0.3, -0.25) is 0 Å². The number of imidazole rings is 1. The maximum absolute atomic E-state index is 4.58. The third kappa shape index (κ3) is 3.75. The largest absolute Gasteiger partial charge is 0.333 e. The Morgan fingerprint density at radius 2 is 2.22 bits per heavy atom. The SMILES string of the molecule is CCNCCCCSc1nc2ccc(C)cc2[nH]1. The Morgan fingerprint density at radius 1 is 1.33 bits per heavy atom.